The van der Waals surface area contributed by atoms with Crippen LogP contribution < -0.4 is 11.5 Å². The quantitative estimate of drug-likeness (QED) is 0.847. The predicted octanol–water partition coefficient (Wildman–Crippen LogP) is 1.17. The van der Waals surface area contributed by atoms with Gasteiger partial charge in [0.1, 0.15) is 5.82 Å². The lowest BCUT2D eigenvalue weighted by molar-refractivity contribution is 0.705. The second-order valence-corrected chi connectivity index (χ2v) is 4.14. The number of anilines is 2. The van der Waals surface area contributed by atoms with Crippen molar-refractivity contribution >= 4 is 11.8 Å². The van der Waals surface area contributed by atoms with Crippen LogP contribution in [-0.4, -0.2) is 19.7 Å². The van der Waals surface area contributed by atoms with Crippen molar-refractivity contribution in [3.05, 3.63) is 17.5 Å². The van der Waals surface area contributed by atoms with E-state index in [1.807, 2.05) is 11.7 Å². The first kappa shape index (κ1) is 12.3. The van der Waals surface area contributed by atoms with Crippen molar-refractivity contribution in [2.75, 3.05) is 11.5 Å². The van der Waals surface area contributed by atoms with Gasteiger partial charge in [-0.25, -0.2) is 4.98 Å². The lowest BCUT2D eigenvalue weighted by Crippen LogP contribution is -2.02. The molecule has 2 heterocycles. The normalized spacial score (nSPS) is 10.8. The Morgan fingerprint density at radius 1 is 1.17 bits per heavy atom. The molecule has 0 aliphatic heterocycles. The van der Waals surface area contributed by atoms with Crippen molar-refractivity contribution < 1.29 is 0 Å². The summed E-state index contributed by atoms with van der Waals surface area (Å²) in [6, 6.07) is 1.74. The number of aromatic nitrogens is 4. The van der Waals surface area contributed by atoms with E-state index in [1.165, 1.54) is 0 Å². The molecule has 0 aliphatic carbocycles. The van der Waals surface area contributed by atoms with E-state index in [9.17, 15) is 0 Å². The zero-order chi connectivity index (χ0) is 13.3. The molecule has 0 atom stereocenters. The zero-order valence-corrected chi connectivity index (χ0v) is 10.9. The highest BCUT2D eigenvalue weighted by Gasteiger charge is 2.17. The van der Waals surface area contributed by atoms with Gasteiger partial charge >= 0.3 is 0 Å². The van der Waals surface area contributed by atoms with Crippen LogP contribution in [0.1, 0.15) is 25.2 Å². The van der Waals surface area contributed by atoms with Crippen LogP contribution in [0.5, 0.6) is 0 Å². The molecule has 18 heavy (non-hydrogen) atoms. The van der Waals surface area contributed by atoms with Gasteiger partial charge in [-0.1, -0.05) is 13.8 Å². The molecule has 0 radical (unpaired) electrons. The van der Waals surface area contributed by atoms with Gasteiger partial charge < -0.3 is 11.5 Å². The lowest BCUT2D eigenvalue weighted by atomic mass is 10.1. The van der Waals surface area contributed by atoms with Crippen LogP contribution in [0.4, 0.5) is 11.8 Å². The van der Waals surface area contributed by atoms with E-state index in [4.69, 9.17) is 11.5 Å². The van der Waals surface area contributed by atoms with Crippen molar-refractivity contribution in [2.24, 2.45) is 7.05 Å². The van der Waals surface area contributed by atoms with Gasteiger partial charge in [0.2, 0.25) is 5.95 Å². The Balaban J connectivity index is 2.68. The maximum atomic E-state index is 5.73. The zero-order valence-electron chi connectivity index (χ0n) is 10.9. The summed E-state index contributed by atoms with van der Waals surface area (Å²) in [6.45, 7) is 4.16. The molecule has 0 saturated carbocycles. The topological polar surface area (TPSA) is 95.6 Å². The Bertz CT molecular complexity index is 552. The number of hydrogen-bond acceptors (Lipinski definition) is 5. The SMILES string of the molecule is CCc1nn(C)c(CC)c1-c1cc(N)nc(N)n1. The molecule has 4 N–H and O–H groups in total. The molecule has 0 aromatic carbocycles. The molecule has 2 aromatic rings. The maximum absolute atomic E-state index is 5.73. The van der Waals surface area contributed by atoms with Crippen LogP contribution in [0.3, 0.4) is 0 Å². The molecule has 2 aromatic heterocycles. The monoisotopic (exact) mass is 246 g/mol. The first-order valence-corrected chi connectivity index (χ1v) is 6.01. The highest BCUT2D eigenvalue weighted by atomic mass is 15.3. The minimum absolute atomic E-state index is 0.193. The summed E-state index contributed by atoms with van der Waals surface area (Å²) in [5, 5.41) is 4.51. The third kappa shape index (κ3) is 2.01. The molecule has 0 amide bonds. The van der Waals surface area contributed by atoms with E-state index < -0.39 is 0 Å². The highest BCUT2D eigenvalue weighted by molar-refractivity contribution is 5.68. The number of nitrogens with two attached hydrogens (primary N) is 2. The van der Waals surface area contributed by atoms with Crippen LogP contribution in [0.25, 0.3) is 11.3 Å². The smallest absolute Gasteiger partial charge is 0.222 e. The van der Waals surface area contributed by atoms with Crippen LogP contribution in [0.15, 0.2) is 6.07 Å². The highest BCUT2D eigenvalue weighted by Crippen LogP contribution is 2.28. The molecular formula is C12H18N6. The summed E-state index contributed by atoms with van der Waals surface area (Å²) >= 11 is 0. The van der Waals surface area contributed by atoms with Gasteiger partial charge in [-0.15, -0.1) is 0 Å². The van der Waals surface area contributed by atoms with Crippen molar-refractivity contribution in [3.63, 3.8) is 0 Å². The summed E-state index contributed by atoms with van der Waals surface area (Å²) in [5.41, 5.74) is 15.3. The number of rotatable bonds is 3. The average Bonchev–Trinajstić information content (AvgIpc) is 2.64. The third-order valence-electron chi connectivity index (χ3n) is 2.93. The Labute approximate surface area is 106 Å². The summed E-state index contributed by atoms with van der Waals surface area (Å²) in [7, 11) is 1.94. The summed E-state index contributed by atoms with van der Waals surface area (Å²) in [6.07, 6.45) is 1.72. The van der Waals surface area contributed by atoms with E-state index in [-0.39, 0.29) is 5.95 Å². The second kappa shape index (κ2) is 4.64. The lowest BCUT2D eigenvalue weighted by Gasteiger charge is -2.06. The molecule has 0 aliphatic rings. The van der Waals surface area contributed by atoms with Gasteiger partial charge in [0.05, 0.1) is 11.4 Å². The first-order valence-electron chi connectivity index (χ1n) is 6.01. The molecule has 0 bridgehead atoms. The number of aryl methyl sites for hydroxylation is 2. The Hall–Kier alpha value is -2.11. The number of nitrogens with zero attached hydrogens (tertiary/aromatic N) is 4. The third-order valence-corrected chi connectivity index (χ3v) is 2.93. The standard InChI is InChI=1S/C12H18N6/c1-4-7-11(9(5-2)18(3)17-7)8-6-10(13)16-12(14)15-8/h6H,4-5H2,1-3H3,(H4,13,14,15,16). The number of nitrogen functional groups attached to an aromatic ring is 2. The van der Waals surface area contributed by atoms with Gasteiger partial charge in [-0.05, 0) is 12.8 Å². The van der Waals surface area contributed by atoms with Gasteiger partial charge in [-0.2, -0.15) is 10.1 Å². The summed E-state index contributed by atoms with van der Waals surface area (Å²) in [4.78, 5) is 8.16. The van der Waals surface area contributed by atoms with Gasteiger partial charge in [0, 0.05) is 24.4 Å². The molecule has 96 valence electrons. The fourth-order valence-electron chi connectivity index (χ4n) is 2.18. The van der Waals surface area contributed by atoms with E-state index >= 15 is 0 Å². The molecule has 0 spiro atoms. The van der Waals surface area contributed by atoms with Crippen LogP contribution in [0.2, 0.25) is 0 Å². The summed E-state index contributed by atoms with van der Waals surface area (Å²) in [5.74, 6) is 0.573. The molecular weight excluding hydrogens is 228 g/mol. The second-order valence-electron chi connectivity index (χ2n) is 4.14. The van der Waals surface area contributed by atoms with Crippen molar-refractivity contribution in [1.29, 1.82) is 0 Å². The van der Waals surface area contributed by atoms with E-state index in [2.05, 4.69) is 28.9 Å². The fraction of sp³-hybridized carbons (Fsp3) is 0.417. The number of hydrogen-bond donors (Lipinski definition) is 2. The van der Waals surface area contributed by atoms with Gasteiger partial charge in [0.25, 0.3) is 0 Å². The van der Waals surface area contributed by atoms with Crippen LogP contribution >= 0.6 is 0 Å². The largest absolute Gasteiger partial charge is 0.384 e. The van der Waals surface area contributed by atoms with E-state index in [0.29, 0.717) is 5.82 Å². The van der Waals surface area contributed by atoms with Gasteiger partial charge in [-0.3, -0.25) is 4.68 Å². The summed E-state index contributed by atoms with van der Waals surface area (Å²) < 4.78 is 1.89. The average molecular weight is 246 g/mol. The fourth-order valence-corrected chi connectivity index (χ4v) is 2.18. The van der Waals surface area contributed by atoms with Crippen molar-refractivity contribution in [2.45, 2.75) is 26.7 Å². The molecule has 2 rings (SSSR count). The minimum atomic E-state index is 0.193. The van der Waals surface area contributed by atoms with Crippen LogP contribution in [0, 0.1) is 0 Å². The van der Waals surface area contributed by atoms with Crippen molar-refractivity contribution in [3.8, 4) is 11.3 Å². The minimum Gasteiger partial charge on any atom is -0.384 e. The van der Waals surface area contributed by atoms with Crippen LogP contribution in [-0.2, 0) is 19.9 Å². The maximum Gasteiger partial charge on any atom is 0.222 e. The molecule has 0 unspecified atom stereocenters. The molecule has 0 fully saturated rings. The molecule has 6 nitrogen and oxygen atoms in total. The van der Waals surface area contributed by atoms with E-state index in [0.717, 1.165) is 35.5 Å². The predicted molar refractivity (Wildman–Crippen MR) is 71.8 cm³/mol. The Kier molecular flexibility index (Phi) is 3.18. The van der Waals surface area contributed by atoms with E-state index in [1.54, 1.807) is 6.07 Å². The Morgan fingerprint density at radius 3 is 2.44 bits per heavy atom. The van der Waals surface area contributed by atoms with Gasteiger partial charge in [0.15, 0.2) is 0 Å². The van der Waals surface area contributed by atoms with Crippen molar-refractivity contribution in [1.82, 2.24) is 19.7 Å². The molecule has 6 heteroatoms. The first-order chi connectivity index (χ1) is 8.56. The molecule has 0 saturated heterocycles. The Morgan fingerprint density at radius 2 is 1.89 bits per heavy atom.